The third kappa shape index (κ3) is 6.50. The van der Waals surface area contributed by atoms with Gasteiger partial charge in [0, 0.05) is 28.4 Å². The van der Waals surface area contributed by atoms with E-state index in [0.717, 1.165) is 5.56 Å². The molecule has 3 rings (SSSR count). The van der Waals surface area contributed by atoms with Gasteiger partial charge in [-0.2, -0.15) is 0 Å². The normalized spacial score (nSPS) is 11.1. The molecule has 0 atom stereocenters. The number of anilines is 3. The largest absolute Gasteiger partial charge is 0.397 e. The number of carbonyl (C=O) groups excluding carboxylic acids is 2. The fraction of sp³-hybridized carbons (Fsp3) is 0.231. The van der Waals surface area contributed by atoms with Gasteiger partial charge in [-0.1, -0.05) is 41.9 Å². The molecule has 0 heterocycles. The Bertz CT molecular complexity index is 1150. The molecule has 0 aliphatic carbocycles. The van der Waals surface area contributed by atoms with Gasteiger partial charge in [-0.3, -0.25) is 4.79 Å². The Kier molecular flexibility index (Phi) is 8.15. The Hall–Kier alpha value is -3.55. The van der Waals surface area contributed by atoms with Gasteiger partial charge >= 0.3 is 6.03 Å². The Morgan fingerprint density at radius 1 is 0.971 bits per heavy atom. The van der Waals surface area contributed by atoms with E-state index in [1.807, 2.05) is 26.0 Å². The highest BCUT2D eigenvalue weighted by Crippen LogP contribution is 2.24. The molecule has 0 radical (unpaired) electrons. The number of urea groups is 1. The molecule has 3 aromatic carbocycles. The maximum absolute atomic E-state index is 13.2. The molecule has 178 valence electrons. The third-order valence-corrected chi connectivity index (χ3v) is 5.81. The molecule has 0 aliphatic rings. The van der Waals surface area contributed by atoms with Crippen molar-refractivity contribution in [1.29, 1.82) is 0 Å². The maximum atomic E-state index is 13.2. The summed E-state index contributed by atoms with van der Waals surface area (Å²) in [6.07, 6.45) is 0.620. The second-order valence-electron chi connectivity index (χ2n) is 8.62. The monoisotopic (exact) mass is 479 g/mol. The standard InChI is InChI=1S/C26H30ClN5O2/c1-26(2,14-15-28)32(25(34)30-21-7-5-6-20(27)16-21)17-18-10-12-19(13-11-18)24(33)31-23-9-4-3-8-22(23)29/h3-13,16H,14-15,17,28-29H2,1-2H3,(H,30,34)(H,31,33). The smallest absolute Gasteiger partial charge is 0.322 e. The summed E-state index contributed by atoms with van der Waals surface area (Å²) in [5.41, 5.74) is 14.3. The van der Waals surface area contributed by atoms with Crippen molar-refractivity contribution >= 4 is 40.6 Å². The summed E-state index contributed by atoms with van der Waals surface area (Å²) in [5.74, 6) is -0.261. The van der Waals surface area contributed by atoms with Crippen LogP contribution in [-0.2, 0) is 6.54 Å². The first kappa shape index (κ1) is 25.1. The molecule has 34 heavy (non-hydrogen) atoms. The molecule has 0 bridgehead atoms. The molecule has 6 N–H and O–H groups in total. The van der Waals surface area contributed by atoms with Crippen molar-refractivity contribution in [1.82, 2.24) is 4.90 Å². The topological polar surface area (TPSA) is 113 Å². The molecule has 3 aromatic rings. The zero-order valence-corrected chi connectivity index (χ0v) is 20.1. The van der Waals surface area contributed by atoms with Crippen molar-refractivity contribution in [3.05, 3.63) is 88.9 Å². The summed E-state index contributed by atoms with van der Waals surface area (Å²) in [6, 6.07) is 21.0. The number of benzene rings is 3. The second kappa shape index (κ2) is 11.0. The Morgan fingerprint density at radius 2 is 1.68 bits per heavy atom. The summed E-state index contributed by atoms with van der Waals surface area (Å²) >= 11 is 6.06. The van der Waals surface area contributed by atoms with Crippen LogP contribution in [0.1, 0.15) is 36.2 Å². The number of amides is 3. The highest BCUT2D eigenvalue weighted by atomic mass is 35.5. The van der Waals surface area contributed by atoms with E-state index in [9.17, 15) is 9.59 Å². The van der Waals surface area contributed by atoms with Gasteiger partial charge in [0.2, 0.25) is 0 Å². The van der Waals surface area contributed by atoms with Crippen molar-refractivity contribution in [3.63, 3.8) is 0 Å². The first-order valence-electron chi connectivity index (χ1n) is 11.0. The maximum Gasteiger partial charge on any atom is 0.322 e. The lowest BCUT2D eigenvalue weighted by Gasteiger charge is -2.38. The van der Waals surface area contributed by atoms with Crippen LogP contribution < -0.4 is 22.1 Å². The predicted molar refractivity (Wildman–Crippen MR) is 139 cm³/mol. The minimum absolute atomic E-state index is 0.261. The van der Waals surface area contributed by atoms with Gasteiger partial charge in [0.05, 0.1) is 11.4 Å². The van der Waals surface area contributed by atoms with Gasteiger partial charge in [0.15, 0.2) is 0 Å². The van der Waals surface area contributed by atoms with Crippen LogP contribution in [0.4, 0.5) is 21.9 Å². The quantitative estimate of drug-likeness (QED) is 0.327. The predicted octanol–water partition coefficient (Wildman–Crippen LogP) is 5.34. The Morgan fingerprint density at radius 3 is 2.32 bits per heavy atom. The van der Waals surface area contributed by atoms with Gasteiger partial charge in [-0.05, 0) is 74.8 Å². The number of nitrogens with two attached hydrogens (primary N) is 2. The molecular formula is C26H30ClN5O2. The minimum Gasteiger partial charge on any atom is -0.397 e. The van der Waals surface area contributed by atoms with E-state index in [1.165, 1.54) is 0 Å². The van der Waals surface area contributed by atoms with Gasteiger partial charge in [0.25, 0.3) is 5.91 Å². The molecule has 0 unspecified atom stereocenters. The lowest BCUT2D eigenvalue weighted by molar-refractivity contribution is 0.102. The fourth-order valence-electron chi connectivity index (χ4n) is 3.56. The summed E-state index contributed by atoms with van der Waals surface area (Å²) in [7, 11) is 0. The van der Waals surface area contributed by atoms with E-state index in [0.29, 0.717) is 47.2 Å². The highest BCUT2D eigenvalue weighted by Gasteiger charge is 2.30. The number of nitrogens with one attached hydrogen (secondary N) is 2. The fourth-order valence-corrected chi connectivity index (χ4v) is 3.75. The molecule has 3 amide bonds. The summed E-state index contributed by atoms with van der Waals surface area (Å²) in [5, 5.41) is 6.27. The Balaban J connectivity index is 1.76. The average Bonchev–Trinajstić information content (AvgIpc) is 2.79. The van der Waals surface area contributed by atoms with Crippen molar-refractivity contribution in [3.8, 4) is 0 Å². The average molecular weight is 480 g/mol. The molecule has 0 spiro atoms. The molecule has 0 aliphatic heterocycles. The lowest BCUT2D eigenvalue weighted by atomic mass is 9.97. The molecule has 8 heteroatoms. The molecule has 7 nitrogen and oxygen atoms in total. The molecule has 0 saturated carbocycles. The Labute approximate surface area is 205 Å². The van der Waals surface area contributed by atoms with Crippen molar-refractivity contribution in [2.45, 2.75) is 32.4 Å². The first-order valence-corrected chi connectivity index (χ1v) is 11.4. The number of nitrogen functional groups attached to an aromatic ring is 1. The molecule has 0 aromatic heterocycles. The van der Waals surface area contributed by atoms with E-state index in [-0.39, 0.29) is 11.9 Å². The van der Waals surface area contributed by atoms with Gasteiger partial charge in [-0.25, -0.2) is 4.79 Å². The van der Waals surface area contributed by atoms with E-state index in [4.69, 9.17) is 23.1 Å². The minimum atomic E-state index is -0.502. The van der Waals surface area contributed by atoms with Crippen molar-refractivity contribution < 1.29 is 9.59 Å². The number of carbonyl (C=O) groups is 2. The molecular weight excluding hydrogens is 450 g/mol. The van der Waals surface area contributed by atoms with Crippen LogP contribution in [0.5, 0.6) is 0 Å². The van der Waals surface area contributed by atoms with E-state index in [1.54, 1.807) is 65.6 Å². The van der Waals surface area contributed by atoms with E-state index >= 15 is 0 Å². The van der Waals surface area contributed by atoms with Crippen LogP contribution in [0.3, 0.4) is 0 Å². The number of hydrogen-bond donors (Lipinski definition) is 4. The van der Waals surface area contributed by atoms with Crippen LogP contribution in [-0.4, -0.2) is 28.9 Å². The molecule has 0 saturated heterocycles. The molecule has 0 fully saturated rings. The number of hydrogen-bond acceptors (Lipinski definition) is 4. The first-order chi connectivity index (χ1) is 16.2. The van der Waals surface area contributed by atoms with Gasteiger partial charge in [0.1, 0.15) is 0 Å². The summed E-state index contributed by atoms with van der Waals surface area (Å²) in [4.78, 5) is 27.6. The zero-order chi connectivity index (χ0) is 24.7. The SMILES string of the molecule is CC(C)(CCN)N(Cc1ccc(C(=O)Nc2ccccc2N)cc1)C(=O)Nc1cccc(Cl)c1. The van der Waals surface area contributed by atoms with Crippen LogP contribution in [0.2, 0.25) is 5.02 Å². The number of para-hydroxylation sites is 2. The van der Waals surface area contributed by atoms with E-state index in [2.05, 4.69) is 10.6 Å². The highest BCUT2D eigenvalue weighted by molar-refractivity contribution is 6.30. The van der Waals surface area contributed by atoms with Gasteiger partial charge in [-0.15, -0.1) is 0 Å². The van der Waals surface area contributed by atoms with E-state index < -0.39 is 5.54 Å². The van der Waals surface area contributed by atoms with Crippen LogP contribution in [0.25, 0.3) is 0 Å². The van der Waals surface area contributed by atoms with Crippen LogP contribution in [0, 0.1) is 0 Å². The number of nitrogens with zero attached hydrogens (tertiary/aromatic N) is 1. The summed E-state index contributed by atoms with van der Waals surface area (Å²) < 4.78 is 0. The summed E-state index contributed by atoms with van der Waals surface area (Å²) in [6.45, 7) is 4.73. The zero-order valence-electron chi connectivity index (χ0n) is 19.3. The lowest BCUT2D eigenvalue weighted by Crippen LogP contribution is -2.50. The van der Waals surface area contributed by atoms with Crippen LogP contribution >= 0.6 is 11.6 Å². The number of halogens is 1. The van der Waals surface area contributed by atoms with Gasteiger partial charge < -0.3 is 27.0 Å². The van der Waals surface area contributed by atoms with Crippen molar-refractivity contribution in [2.24, 2.45) is 5.73 Å². The number of rotatable bonds is 8. The van der Waals surface area contributed by atoms with Crippen molar-refractivity contribution in [2.75, 3.05) is 22.9 Å². The third-order valence-electron chi connectivity index (χ3n) is 5.57. The second-order valence-corrected chi connectivity index (χ2v) is 9.05. The van der Waals surface area contributed by atoms with Crippen LogP contribution in [0.15, 0.2) is 72.8 Å².